The molecule has 128 valence electrons. The fourth-order valence-electron chi connectivity index (χ4n) is 1.87. The first-order valence-electron chi connectivity index (χ1n) is 7.05. The lowest BCUT2D eigenvalue weighted by atomic mass is 10.2. The molecule has 0 radical (unpaired) electrons. The smallest absolute Gasteiger partial charge is 0.277 e. The Kier molecular flexibility index (Phi) is 5.77. The molecule has 0 saturated carbocycles. The highest BCUT2D eigenvalue weighted by atomic mass is 16.6. The molecule has 0 saturated heterocycles. The second kappa shape index (κ2) is 8.20. The first-order chi connectivity index (χ1) is 12.0. The Morgan fingerprint density at radius 3 is 2.72 bits per heavy atom. The van der Waals surface area contributed by atoms with Crippen molar-refractivity contribution in [3.63, 3.8) is 0 Å². The molecule has 0 heterocycles. The summed E-state index contributed by atoms with van der Waals surface area (Å²) in [7, 11) is 0. The Labute approximate surface area is 142 Å². The highest BCUT2D eigenvalue weighted by Gasteiger charge is 2.10. The van der Waals surface area contributed by atoms with Crippen LogP contribution in [0.15, 0.2) is 53.6 Å². The number of nitrogens with two attached hydrogens (primary N) is 1. The van der Waals surface area contributed by atoms with Crippen LogP contribution >= 0.6 is 0 Å². The van der Waals surface area contributed by atoms with Gasteiger partial charge >= 0.3 is 0 Å². The number of carbonyl (C=O) groups is 2. The number of non-ortho nitro benzene ring substituents is 1. The lowest BCUT2D eigenvalue weighted by molar-refractivity contribution is -0.384. The van der Waals surface area contributed by atoms with Crippen molar-refractivity contribution in [3.8, 4) is 5.75 Å². The molecule has 25 heavy (non-hydrogen) atoms. The summed E-state index contributed by atoms with van der Waals surface area (Å²) in [6, 6.07) is 12.0. The van der Waals surface area contributed by atoms with Crippen LogP contribution in [0.1, 0.15) is 15.9 Å². The average Bonchev–Trinajstić information content (AvgIpc) is 2.60. The number of nitrogens with one attached hydrogen (secondary N) is 1. The molecule has 9 heteroatoms. The third kappa shape index (κ3) is 5.13. The normalized spacial score (nSPS) is 10.4. The topological polar surface area (TPSA) is 137 Å². The Hall–Kier alpha value is -3.75. The van der Waals surface area contributed by atoms with Crippen molar-refractivity contribution < 1.29 is 19.2 Å². The third-order valence-corrected chi connectivity index (χ3v) is 3.00. The van der Waals surface area contributed by atoms with E-state index in [1.807, 2.05) is 0 Å². The summed E-state index contributed by atoms with van der Waals surface area (Å²) >= 11 is 0. The number of nitro benzene ring substituents is 1. The fourth-order valence-corrected chi connectivity index (χ4v) is 1.87. The van der Waals surface area contributed by atoms with Gasteiger partial charge in [0, 0.05) is 17.7 Å². The quantitative estimate of drug-likeness (QED) is 0.443. The van der Waals surface area contributed by atoms with Crippen molar-refractivity contribution in [2.45, 2.75) is 0 Å². The standard InChI is InChI=1S/C16H14N4O5/c17-16(22)13-6-1-2-7-14(13)25-10-15(21)19-18-9-11-4-3-5-12(8-11)20(23)24/h1-9H,10H2,(H2,17,22)(H,19,21). The minimum atomic E-state index is -0.667. The summed E-state index contributed by atoms with van der Waals surface area (Å²) in [6.07, 6.45) is 1.27. The van der Waals surface area contributed by atoms with Crippen molar-refractivity contribution in [1.82, 2.24) is 5.43 Å². The molecule has 3 N–H and O–H groups in total. The number of rotatable bonds is 7. The molecule has 0 aromatic heterocycles. The SMILES string of the molecule is NC(=O)c1ccccc1OCC(=O)NN=Cc1cccc([N+](=O)[O-])c1. The molecule has 0 fully saturated rings. The zero-order valence-electron chi connectivity index (χ0n) is 12.9. The number of hydrazone groups is 1. The zero-order valence-corrected chi connectivity index (χ0v) is 12.9. The van der Waals surface area contributed by atoms with Crippen molar-refractivity contribution in [1.29, 1.82) is 0 Å². The Morgan fingerprint density at radius 2 is 2.00 bits per heavy atom. The summed E-state index contributed by atoms with van der Waals surface area (Å²) in [4.78, 5) is 33.1. The van der Waals surface area contributed by atoms with Gasteiger partial charge in [0.15, 0.2) is 6.61 Å². The lowest BCUT2D eigenvalue weighted by Crippen LogP contribution is -2.25. The highest BCUT2D eigenvalue weighted by Crippen LogP contribution is 2.16. The van der Waals surface area contributed by atoms with Gasteiger partial charge in [0.25, 0.3) is 17.5 Å². The maximum Gasteiger partial charge on any atom is 0.277 e. The number of primary amides is 1. The van der Waals surface area contributed by atoms with Gasteiger partial charge in [-0.05, 0) is 12.1 Å². The average molecular weight is 342 g/mol. The molecule has 0 aliphatic rings. The highest BCUT2D eigenvalue weighted by molar-refractivity contribution is 5.95. The van der Waals surface area contributed by atoms with E-state index in [1.165, 1.54) is 36.5 Å². The molecule has 0 spiro atoms. The second-order valence-electron chi connectivity index (χ2n) is 4.79. The van der Waals surface area contributed by atoms with Crippen molar-refractivity contribution in [2.75, 3.05) is 6.61 Å². The van der Waals surface area contributed by atoms with E-state index < -0.39 is 16.7 Å². The van der Waals surface area contributed by atoms with Gasteiger partial charge in [-0.25, -0.2) is 5.43 Å². The van der Waals surface area contributed by atoms with Crippen LogP contribution in [0.3, 0.4) is 0 Å². The van der Waals surface area contributed by atoms with E-state index in [-0.39, 0.29) is 23.6 Å². The van der Waals surface area contributed by atoms with Crippen LogP contribution < -0.4 is 15.9 Å². The van der Waals surface area contributed by atoms with E-state index >= 15 is 0 Å². The molecule has 0 aliphatic carbocycles. The summed E-state index contributed by atoms with van der Waals surface area (Å²) in [5.74, 6) is -1.05. The Balaban J connectivity index is 1.90. The van der Waals surface area contributed by atoms with Gasteiger partial charge in [0.2, 0.25) is 0 Å². The maximum absolute atomic E-state index is 11.7. The van der Waals surface area contributed by atoms with Crippen molar-refractivity contribution >= 4 is 23.7 Å². The molecule has 2 aromatic rings. The lowest BCUT2D eigenvalue weighted by Gasteiger charge is -2.08. The number of nitrogens with zero attached hydrogens (tertiary/aromatic N) is 2. The van der Waals surface area contributed by atoms with E-state index in [1.54, 1.807) is 18.2 Å². The van der Waals surface area contributed by atoms with Gasteiger partial charge in [-0.2, -0.15) is 5.10 Å². The Bertz CT molecular complexity index is 835. The van der Waals surface area contributed by atoms with Gasteiger partial charge in [0.1, 0.15) is 5.75 Å². The number of hydrogen-bond donors (Lipinski definition) is 2. The zero-order chi connectivity index (χ0) is 18.2. The van der Waals surface area contributed by atoms with Crippen LogP contribution in [-0.4, -0.2) is 29.6 Å². The largest absolute Gasteiger partial charge is 0.483 e. The summed E-state index contributed by atoms with van der Waals surface area (Å²) in [5.41, 5.74) is 7.96. The fraction of sp³-hybridized carbons (Fsp3) is 0.0625. The molecule has 2 amide bonds. The van der Waals surface area contributed by atoms with E-state index in [9.17, 15) is 19.7 Å². The van der Waals surface area contributed by atoms with Crippen LogP contribution in [0.2, 0.25) is 0 Å². The summed E-state index contributed by atoms with van der Waals surface area (Å²) in [5, 5.41) is 14.4. The van der Waals surface area contributed by atoms with Gasteiger partial charge in [-0.1, -0.05) is 24.3 Å². The third-order valence-electron chi connectivity index (χ3n) is 3.00. The molecular weight excluding hydrogens is 328 g/mol. The molecule has 2 aromatic carbocycles. The van der Waals surface area contributed by atoms with Crippen LogP contribution in [-0.2, 0) is 4.79 Å². The van der Waals surface area contributed by atoms with Gasteiger partial charge in [-0.15, -0.1) is 0 Å². The predicted molar refractivity (Wildman–Crippen MR) is 89.3 cm³/mol. The summed E-state index contributed by atoms with van der Waals surface area (Å²) < 4.78 is 5.24. The van der Waals surface area contributed by atoms with Crippen molar-refractivity contribution in [3.05, 3.63) is 69.8 Å². The van der Waals surface area contributed by atoms with E-state index in [2.05, 4.69) is 10.5 Å². The molecule has 9 nitrogen and oxygen atoms in total. The number of nitro groups is 1. The van der Waals surface area contributed by atoms with Crippen molar-refractivity contribution in [2.24, 2.45) is 10.8 Å². The molecular formula is C16H14N4O5. The molecule has 0 unspecified atom stereocenters. The first kappa shape index (κ1) is 17.6. The minimum Gasteiger partial charge on any atom is -0.483 e. The van der Waals surface area contributed by atoms with Crippen LogP contribution in [0.4, 0.5) is 5.69 Å². The van der Waals surface area contributed by atoms with E-state index in [4.69, 9.17) is 10.5 Å². The number of benzene rings is 2. The predicted octanol–water partition coefficient (Wildman–Crippen LogP) is 1.22. The second-order valence-corrected chi connectivity index (χ2v) is 4.79. The maximum atomic E-state index is 11.7. The van der Waals surface area contributed by atoms with E-state index in [0.29, 0.717) is 5.56 Å². The molecule has 0 atom stereocenters. The number of carbonyl (C=O) groups excluding carboxylic acids is 2. The van der Waals surface area contributed by atoms with Crippen LogP contribution in [0.25, 0.3) is 0 Å². The minimum absolute atomic E-state index is 0.0818. The van der Waals surface area contributed by atoms with Gasteiger partial charge in [0.05, 0.1) is 16.7 Å². The van der Waals surface area contributed by atoms with Gasteiger partial charge < -0.3 is 10.5 Å². The monoisotopic (exact) mass is 342 g/mol. The number of amides is 2. The van der Waals surface area contributed by atoms with Gasteiger partial charge in [-0.3, -0.25) is 19.7 Å². The number of hydrogen-bond acceptors (Lipinski definition) is 6. The van der Waals surface area contributed by atoms with Crippen LogP contribution in [0.5, 0.6) is 5.75 Å². The Morgan fingerprint density at radius 1 is 1.24 bits per heavy atom. The van der Waals surface area contributed by atoms with E-state index in [0.717, 1.165) is 0 Å². The number of para-hydroxylation sites is 1. The molecule has 2 rings (SSSR count). The summed E-state index contributed by atoms with van der Waals surface area (Å²) in [6.45, 7) is -0.378. The molecule has 0 aliphatic heterocycles. The number of ether oxygens (including phenoxy) is 1. The molecule has 0 bridgehead atoms. The first-order valence-corrected chi connectivity index (χ1v) is 7.05. The van der Waals surface area contributed by atoms with Crippen LogP contribution in [0, 0.1) is 10.1 Å².